The third-order valence-corrected chi connectivity index (χ3v) is 2.41. The Balaban J connectivity index is 3.26. The Kier molecular flexibility index (Phi) is 4.23. The van der Waals surface area contributed by atoms with Crippen LogP contribution in [0, 0.1) is 6.92 Å². The number of hydrogen-bond acceptors (Lipinski definition) is 3. The molecule has 1 rings (SSSR count). The van der Waals surface area contributed by atoms with Crippen molar-refractivity contribution in [2.45, 2.75) is 27.2 Å². The van der Waals surface area contributed by atoms with E-state index in [-0.39, 0.29) is 11.7 Å². The predicted molar refractivity (Wildman–Crippen MR) is 65.3 cm³/mol. The molecule has 1 aromatic carbocycles. The molecule has 0 aromatic heterocycles. The quantitative estimate of drug-likeness (QED) is 0.579. The molecular formula is C13H17NO2. The molecule has 86 valence electrons. The number of methoxy groups -OCH3 is 1. The molecule has 0 saturated carbocycles. The van der Waals surface area contributed by atoms with Crippen LogP contribution in [0.15, 0.2) is 23.2 Å². The minimum atomic E-state index is -0.159. The summed E-state index contributed by atoms with van der Waals surface area (Å²) in [6, 6.07) is 5.98. The summed E-state index contributed by atoms with van der Waals surface area (Å²) in [5, 5.41) is 0. The van der Waals surface area contributed by atoms with Gasteiger partial charge in [0.25, 0.3) is 5.90 Å². The molecule has 0 atom stereocenters. The lowest BCUT2D eigenvalue weighted by Gasteiger charge is -2.08. The number of rotatable bonds is 3. The fourth-order valence-corrected chi connectivity index (χ4v) is 1.53. The van der Waals surface area contributed by atoms with Gasteiger partial charge in [0.1, 0.15) is 0 Å². The molecule has 0 spiro atoms. The molecule has 16 heavy (non-hydrogen) atoms. The van der Waals surface area contributed by atoms with E-state index in [0.29, 0.717) is 0 Å². The zero-order valence-corrected chi connectivity index (χ0v) is 10.2. The molecule has 0 amide bonds. The minimum Gasteiger partial charge on any atom is -0.478 e. The van der Waals surface area contributed by atoms with Crippen LogP contribution >= 0.6 is 0 Å². The number of Topliss-reactive ketones (excluding diaryl/α,β-unsaturated/α-hetero) is 1. The van der Waals surface area contributed by atoms with Gasteiger partial charge in [-0.2, -0.15) is 0 Å². The highest BCUT2D eigenvalue weighted by Crippen LogP contribution is 2.24. The molecule has 3 heteroatoms. The molecule has 0 bridgehead atoms. The number of ether oxygens (including phenoxy) is 1. The van der Waals surface area contributed by atoms with E-state index in [0.717, 1.165) is 23.2 Å². The van der Waals surface area contributed by atoms with Crippen molar-refractivity contribution in [1.82, 2.24) is 0 Å². The van der Waals surface area contributed by atoms with Crippen LogP contribution in [0.25, 0.3) is 0 Å². The van der Waals surface area contributed by atoms with E-state index < -0.39 is 0 Å². The van der Waals surface area contributed by atoms with E-state index in [9.17, 15) is 4.79 Å². The smallest absolute Gasteiger partial charge is 0.257 e. The summed E-state index contributed by atoms with van der Waals surface area (Å²) in [6.45, 7) is 5.49. The first-order valence-corrected chi connectivity index (χ1v) is 5.32. The zero-order valence-electron chi connectivity index (χ0n) is 10.2. The summed E-state index contributed by atoms with van der Waals surface area (Å²) < 4.78 is 4.97. The van der Waals surface area contributed by atoms with Crippen molar-refractivity contribution in [3.63, 3.8) is 0 Å². The summed E-state index contributed by atoms with van der Waals surface area (Å²) in [4.78, 5) is 15.5. The number of carbonyl (C=O) groups excluding carboxylic acids is 1. The second kappa shape index (κ2) is 5.45. The Morgan fingerprint density at radius 1 is 1.44 bits per heavy atom. The summed E-state index contributed by atoms with van der Waals surface area (Å²) in [6.07, 6.45) is 0.884. The maximum atomic E-state index is 11.2. The predicted octanol–water partition coefficient (Wildman–Crippen LogP) is 2.82. The van der Waals surface area contributed by atoms with Crippen molar-refractivity contribution in [2.75, 3.05) is 7.11 Å². The van der Waals surface area contributed by atoms with Gasteiger partial charge in [0.15, 0.2) is 0 Å². The lowest BCUT2D eigenvalue weighted by atomic mass is 10.1. The topological polar surface area (TPSA) is 38.7 Å². The maximum Gasteiger partial charge on any atom is 0.257 e. The maximum absolute atomic E-state index is 11.2. The number of aryl methyl sites for hydroxylation is 2. The van der Waals surface area contributed by atoms with E-state index >= 15 is 0 Å². The van der Waals surface area contributed by atoms with Crippen LogP contribution in [-0.4, -0.2) is 18.8 Å². The Hall–Kier alpha value is -1.64. The number of carbonyl (C=O) groups is 1. The Bertz CT molecular complexity index is 422. The molecular weight excluding hydrogens is 202 g/mol. The molecule has 0 N–H and O–H groups in total. The van der Waals surface area contributed by atoms with Crippen molar-refractivity contribution in [3.05, 3.63) is 29.3 Å². The van der Waals surface area contributed by atoms with Crippen molar-refractivity contribution in [1.29, 1.82) is 0 Å². The fraction of sp³-hybridized carbons (Fsp3) is 0.385. The second-order valence-corrected chi connectivity index (χ2v) is 3.61. The summed E-state index contributed by atoms with van der Waals surface area (Å²) in [5.41, 5.74) is 3.02. The number of para-hydroxylation sites is 1. The lowest BCUT2D eigenvalue weighted by molar-refractivity contribution is -0.112. The van der Waals surface area contributed by atoms with Gasteiger partial charge in [0, 0.05) is 6.92 Å². The van der Waals surface area contributed by atoms with Gasteiger partial charge >= 0.3 is 0 Å². The standard InChI is InChI=1S/C13H17NO2/c1-5-11-8-6-7-9(2)12(11)14-13(16-4)10(3)15/h6-8H,5H2,1-4H3. The van der Waals surface area contributed by atoms with E-state index in [1.807, 2.05) is 25.1 Å². The third-order valence-electron chi connectivity index (χ3n) is 2.41. The molecule has 3 nitrogen and oxygen atoms in total. The molecule has 0 fully saturated rings. The van der Waals surface area contributed by atoms with Crippen LogP contribution in [0.5, 0.6) is 0 Å². The van der Waals surface area contributed by atoms with Gasteiger partial charge in [-0.15, -0.1) is 0 Å². The molecule has 0 radical (unpaired) electrons. The van der Waals surface area contributed by atoms with E-state index in [1.165, 1.54) is 14.0 Å². The number of ketones is 1. The van der Waals surface area contributed by atoms with Crippen LogP contribution < -0.4 is 0 Å². The molecule has 0 aliphatic carbocycles. The van der Waals surface area contributed by atoms with Crippen LogP contribution in [0.2, 0.25) is 0 Å². The molecule has 0 aliphatic rings. The molecule has 0 aliphatic heterocycles. The number of nitrogens with zero attached hydrogens (tertiary/aromatic N) is 1. The van der Waals surface area contributed by atoms with Crippen molar-refractivity contribution in [3.8, 4) is 0 Å². The van der Waals surface area contributed by atoms with Gasteiger partial charge in [0.05, 0.1) is 12.8 Å². The van der Waals surface area contributed by atoms with Gasteiger partial charge < -0.3 is 4.74 Å². The minimum absolute atomic E-state index is 0.156. The summed E-state index contributed by atoms with van der Waals surface area (Å²) in [5.74, 6) is -0.00296. The van der Waals surface area contributed by atoms with Crippen molar-refractivity contribution >= 4 is 17.4 Å². The summed E-state index contributed by atoms with van der Waals surface area (Å²) in [7, 11) is 1.46. The van der Waals surface area contributed by atoms with Gasteiger partial charge in [-0.3, -0.25) is 4.79 Å². The third kappa shape index (κ3) is 2.69. The van der Waals surface area contributed by atoms with Gasteiger partial charge in [-0.1, -0.05) is 25.1 Å². The highest BCUT2D eigenvalue weighted by Gasteiger charge is 2.09. The fourth-order valence-electron chi connectivity index (χ4n) is 1.53. The average molecular weight is 219 g/mol. The van der Waals surface area contributed by atoms with Crippen LogP contribution in [-0.2, 0) is 16.0 Å². The molecule has 0 saturated heterocycles. The average Bonchev–Trinajstić information content (AvgIpc) is 2.26. The monoisotopic (exact) mass is 219 g/mol. The SMILES string of the molecule is CCc1cccc(C)c1N=C(OC)C(C)=O. The summed E-state index contributed by atoms with van der Waals surface area (Å²) >= 11 is 0. The molecule has 0 heterocycles. The normalized spacial score (nSPS) is 11.4. The van der Waals surface area contributed by atoms with Crippen LogP contribution in [0.1, 0.15) is 25.0 Å². The van der Waals surface area contributed by atoms with E-state index in [1.54, 1.807) is 0 Å². The van der Waals surface area contributed by atoms with Crippen molar-refractivity contribution in [2.24, 2.45) is 4.99 Å². The van der Waals surface area contributed by atoms with Gasteiger partial charge in [0.2, 0.25) is 5.78 Å². The number of hydrogen-bond donors (Lipinski definition) is 0. The first-order chi connectivity index (χ1) is 7.60. The van der Waals surface area contributed by atoms with E-state index in [2.05, 4.69) is 11.9 Å². The Morgan fingerprint density at radius 3 is 2.62 bits per heavy atom. The first-order valence-electron chi connectivity index (χ1n) is 5.32. The largest absolute Gasteiger partial charge is 0.478 e. The van der Waals surface area contributed by atoms with Crippen LogP contribution in [0.4, 0.5) is 5.69 Å². The second-order valence-electron chi connectivity index (χ2n) is 3.61. The van der Waals surface area contributed by atoms with E-state index in [4.69, 9.17) is 4.74 Å². The highest BCUT2D eigenvalue weighted by atomic mass is 16.5. The Labute approximate surface area is 96.2 Å². The number of benzene rings is 1. The molecule has 0 unspecified atom stereocenters. The van der Waals surface area contributed by atoms with Crippen LogP contribution in [0.3, 0.4) is 0 Å². The van der Waals surface area contributed by atoms with Crippen molar-refractivity contribution < 1.29 is 9.53 Å². The molecule has 1 aromatic rings. The highest BCUT2D eigenvalue weighted by molar-refractivity contribution is 6.35. The van der Waals surface area contributed by atoms with Gasteiger partial charge in [-0.05, 0) is 24.5 Å². The van der Waals surface area contributed by atoms with Gasteiger partial charge in [-0.25, -0.2) is 4.99 Å². The zero-order chi connectivity index (χ0) is 12.1. The lowest BCUT2D eigenvalue weighted by Crippen LogP contribution is -2.11. The number of aliphatic imine (C=N–C) groups is 1. The Morgan fingerprint density at radius 2 is 2.12 bits per heavy atom. The first kappa shape index (κ1) is 12.4.